The number of amides is 2. The van der Waals surface area contributed by atoms with Crippen molar-refractivity contribution in [3.8, 4) is 0 Å². The van der Waals surface area contributed by atoms with Crippen molar-refractivity contribution in [2.75, 3.05) is 0 Å². The van der Waals surface area contributed by atoms with Crippen LogP contribution in [0.4, 0.5) is 4.79 Å². The van der Waals surface area contributed by atoms with Crippen LogP contribution < -0.4 is 5.32 Å². The molecule has 8 heteroatoms. The zero-order chi connectivity index (χ0) is 18.0. The molecule has 2 aromatic heterocycles. The highest BCUT2D eigenvalue weighted by Gasteiger charge is 2.34. The standard InChI is InChI=1S/C17H27N7O/c1-12(2)7-15(16-18-11-20-23(16)4)21-17(25)24(14-5-6-14)10-13-8-19-22(3)9-13/h8-9,11-12,14-15H,5-7,10H2,1-4H3,(H,21,25)/t15-/m0/s1. The van der Waals surface area contributed by atoms with E-state index in [2.05, 4.69) is 34.3 Å². The topological polar surface area (TPSA) is 80.9 Å². The quantitative estimate of drug-likeness (QED) is 0.832. The minimum atomic E-state index is -0.143. The molecular weight excluding hydrogens is 318 g/mol. The molecule has 1 N–H and O–H groups in total. The molecule has 1 aliphatic carbocycles. The van der Waals surface area contributed by atoms with E-state index in [1.54, 1.807) is 9.36 Å². The predicted molar refractivity (Wildman–Crippen MR) is 93.5 cm³/mol. The van der Waals surface area contributed by atoms with Gasteiger partial charge in [0.25, 0.3) is 0 Å². The minimum absolute atomic E-state index is 0.0417. The largest absolute Gasteiger partial charge is 0.328 e. The second-order valence-electron chi connectivity index (χ2n) is 7.25. The highest BCUT2D eigenvalue weighted by Crippen LogP contribution is 2.29. The predicted octanol–water partition coefficient (Wildman–Crippen LogP) is 2.01. The van der Waals surface area contributed by atoms with Crippen LogP contribution in [0.1, 0.15) is 50.5 Å². The van der Waals surface area contributed by atoms with Crippen LogP contribution in [-0.2, 0) is 20.6 Å². The number of hydrogen-bond donors (Lipinski definition) is 1. The zero-order valence-corrected chi connectivity index (χ0v) is 15.4. The van der Waals surface area contributed by atoms with Crippen LogP contribution in [0.25, 0.3) is 0 Å². The van der Waals surface area contributed by atoms with Gasteiger partial charge in [0.15, 0.2) is 0 Å². The molecule has 0 spiro atoms. The van der Waals surface area contributed by atoms with Gasteiger partial charge in [0, 0.05) is 31.9 Å². The molecule has 0 radical (unpaired) electrons. The Morgan fingerprint density at radius 1 is 1.36 bits per heavy atom. The Kier molecular flexibility index (Phi) is 5.06. The molecular formula is C17H27N7O. The maximum Gasteiger partial charge on any atom is 0.318 e. The van der Waals surface area contributed by atoms with Crippen molar-refractivity contribution in [3.63, 3.8) is 0 Å². The first-order valence-electron chi connectivity index (χ1n) is 8.82. The zero-order valence-electron chi connectivity index (χ0n) is 15.4. The smallest absolute Gasteiger partial charge is 0.318 e. The average molecular weight is 345 g/mol. The van der Waals surface area contributed by atoms with Gasteiger partial charge in [0.1, 0.15) is 12.2 Å². The van der Waals surface area contributed by atoms with E-state index >= 15 is 0 Å². The normalized spacial score (nSPS) is 15.4. The number of nitrogens with one attached hydrogen (secondary N) is 1. The van der Waals surface area contributed by atoms with Crippen molar-refractivity contribution in [1.29, 1.82) is 0 Å². The molecule has 2 amide bonds. The number of aromatic nitrogens is 5. The molecule has 0 aromatic carbocycles. The number of carbonyl (C=O) groups excluding carboxylic acids is 1. The second-order valence-corrected chi connectivity index (χ2v) is 7.25. The van der Waals surface area contributed by atoms with Gasteiger partial charge in [-0.3, -0.25) is 9.36 Å². The lowest BCUT2D eigenvalue weighted by Gasteiger charge is -2.26. The van der Waals surface area contributed by atoms with Gasteiger partial charge < -0.3 is 10.2 Å². The Balaban J connectivity index is 1.72. The van der Waals surface area contributed by atoms with E-state index in [0.717, 1.165) is 30.7 Å². The van der Waals surface area contributed by atoms with Crippen molar-refractivity contribution in [1.82, 2.24) is 34.8 Å². The lowest BCUT2D eigenvalue weighted by molar-refractivity contribution is 0.185. The summed E-state index contributed by atoms with van der Waals surface area (Å²) in [6.07, 6.45) is 8.25. The molecule has 25 heavy (non-hydrogen) atoms. The third-order valence-electron chi connectivity index (χ3n) is 4.42. The molecule has 0 unspecified atom stereocenters. The molecule has 8 nitrogen and oxygen atoms in total. The van der Waals surface area contributed by atoms with E-state index in [0.29, 0.717) is 18.5 Å². The van der Waals surface area contributed by atoms with Crippen molar-refractivity contribution >= 4 is 6.03 Å². The number of rotatable bonds is 7. The van der Waals surface area contributed by atoms with E-state index in [-0.39, 0.29) is 12.1 Å². The molecule has 1 saturated carbocycles. The van der Waals surface area contributed by atoms with Crippen LogP contribution >= 0.6 is 0 Å². The van der Waals surface area contributed by atoms with Crippen LogP contribution in [0, 0.1) is 5.92 Å². The van der Waals surface area contributed by atoms with Crippen molar-refractivity contribution < 1.29 is 4.79 Å². The van der Waals surface area contributed by atoms with Gasteiger partial charge in [-0.05, 0) is 25.2 Å². The number of nitrogens with zero attached hydrogens (tertiary/aromatic N) is 6. The first-order valence-corrected chi connectivity index (χ1v) is 8.82. The van der Waals surface area contributed by atoms with E-state index < -0.39 is 0 Å². The monoisotopic (exact) mass is 345 g/mol. The summed E-state index contributed by atoms with van der Waals surface area (Å²) >= 11 is 0. The van der Waals surface area contributed by atoms with Crippen molar-refractivity contribution in [3.05, 3.63) is 30.1 Å². The summed E-state index contributed by atoms with van der Waals surface area (Å²) in [6.45, 7) is 4.87. The van der Waals surface area contributed by atoms with Gasteiger partial charge in [0.05, 0.1) is 18.8 Å². The Bertz CT molecular complexity index is 716. The van der Waals surface area contributed by atoms with Gasteiger partial charge in [0.2, 0.25) is 0 Å². The molecule has 2 heterocycles. The maximum atomic E-state index is 13.0. The van der Waals surface area contributed by atoms with Gasteiger partial charge >= 0.3 is 6.03 Å². The second kappa shape index (κ2) is 7.25. The highest BCUT2D eigenvalue weighted by atomic mass is 16.2. The Morgan fingerprint density at radius 2 is 2.12 bits per heavy atom. The summed E-state index contributed by atoms with van der Waals surface area (Å²) in [6, 6.07) is 0.134. The van der Waals surface area contributed by atoms with Crippen LogP contribution in [0.3, 0.4) is 0 Å². The number of carbonyl (C=O) groups is 1. The summed E-state index contributed by atoms with van der Waals surface area (Å²) in [5.74, 6) is 1.23. The summed E-state index contributed by atoms with van der Waals surface area (Å²) in [5.41, 5.74) is 1.05. The number of urea groups is 1. The first-order chi connectivity index (χ1) is 11.9. The van der Waals surface area contributed by atoms with Crippen LogP contribution in [0.15, 0.2) is 18.7 Å². The Morgan fingerprint density at radius 3 is 2.64 bits per heavy atom. The molecule has 2 aromatic rings. The number of hydrogen-bond acceptors (Lipinski definition) is 4. The SMILES string of the molecule is CC(C)C[C@H](NC(=O)N(Cc1cnn(C)c1)C1CC1)c1ncnn1C. The van der Waals surface area contributed by atoms with Crippen molar-refractivity contribution in [2.45, 2.75) is 51.7 Å². The Labute approximate surface area is 148 Å². The van der Waals surface area contributed by atoms with Crippen molar-refractivity contribution in [2.24, 2.45) is 20.0 Å². The van der Waals surface area contributed by atoms with E-state index in [1.807, 2.05) is 31.4 Å². The van der Waals surface area contributed by atoms with E-state index in [1.165, 1.54) is 6.33 Å². The third-order valence-corrected chi connectivity index (χ3v) is 4.42. The molecule has 1 fully saturated rings. The van der Waals surface area contributed by atoms with Gasteiger partial charge in [-0.25, -0.2) is 9.78 Å². The summed E-state index contributed by atoms with van der Waals surface area (Å²) < 4.78 is 3.50. The lowest BCUT2D eigenvalue weighted by Crippen LogP contribution is -2.43. The van der Waals surface area contributed by atoms with E-state index in [9.17, 15) is 4.79 Å². The van der Waals surface area contributed by atoms with Crippen LogP contribution in [-0.4, -0.2) is 41.5 Å². The fourth-order valence-corrected chi connectivity index (χ4v) is 3.06. The first kappa shape index (κ1) is 17.4. The average Bonchev–Trinajstić information content (AvgIpc) is 3.16. The minimum Gasteiger partial charge on any atom is -0.328 e. The fraction of sp³-hybridized carbons (Fsp3) is 0.647. The summed E-state index contributed by atoms with van der Waals surface area (Å²) in [7, 11) is 3.74. The highest BCUT2D eigenvalue weighted by molar-refractivity contribution is 5.75. The molecule has 0 saturated heterocycles. The molecule has 0 bridgehead atoms. The Hall–Kier alpha value is -2.38. The molecule has 0 aliphatic heterocycles. The molecule has 136 valence electrons. The summed E-state index contributed by atoms with van der Waals surface area (Å²) in [4.78, 5) is 19.2. The van der Waals surface area contributed by atoms with Crippen LogP contribution in [0.5, 0.6) is 0 Å². The van der Waals surface area contributed by atoms with Gasteiger partial charge in [-0.2, -0.15) is 10.2 Å². The molecule has 1 atom stereocenters. The summed E-state index contributed by atoms with van der Waals surface area (Å²) in [5, 5.41) is 11.5. The fourth-order valence-electron chi connectivity index (χ4n) is 3.06. The van der Waals surface area contributed by atoms with E-state index in [4.69, 9.17) is 0 Å². The number of aryl methyl sites for hydroxylation is 2. The maximum absolute atomic E-state index is 13.0. The van der Waals surface area contributed by atoms with Crippen LogP contribution in [0.2, 0.25) is 0 Å². The lowest BCUT2D eigenvalue weighted by atomic mass is 10.0. The molecule has 1 aliphatic rings. The molecule has 3 rings (SSSR count). The van der Waals surface area contributed by atoms with Gasteiger partial charge in [-0.15, -0.1) is 0 Å². The van der Waals surface area contributed by atoms with Gasteiger partial charge in [-0.1, -0.05) is 13.8 Å². The third kappa shape index (κ3) is 4.37.